The Morgan fingerprint density at radius 1 is 1.07 bits per heavy atom. The summed E-state index contributed by atoms with van der Waals surface area (Å²) in [6.07, 6.45) is 3.64. The summed E-state index contributed by atoms with van der Waals surface area (Å²) in [6, 6.07) is 21.9. The van der Waals surface area contributed by atoms with Crippen LogP contribution < -0.4 is 10.1 Å². The lowest BCUT2D eigenvalue weighted by Crippen LogP contribution is -2.28. The van der Waals surface area contributed by atoms with E-state index in [1.807, 2.05) is 78.5 Å². The molecule has 1 amide bonds. The van der Waals surface area contributed by atoms with Crippen molar-refractivity contribution in [2.24, 2.45) is 0 Å². The van der Waals surface area contributed by atoms with Gasteiger partial charge in [-0.25, -0.2) is 4.68 Å². The van der Waals surface area contributed by atoms with E-state index in [2.05, 4.69) is 16.5 Å². The summed E-state index contributed by atoms with van der Waals surface area (Å²) in [5.74, 6) is 0.568. The van der Waals surface area contributed by atoms with Crippen LogP contribution in [0.2, 0.25) is 0 Å². The number of carbonyl (C=O) groups is 1. The van der Waals surface area contributed by atoms with Gasteiger partial charge >= 0.3 is 0 Å². The maximum atomic E-state index is 12.8. The molecule has 0 unspecified atom stereocenters. The smallest absolute Gasteiger partial charge is 0.227 e. The van der Waals surface area contributed by atoms with Crippen LogP contribution in [0, 0.1) is 0 Å². The van der Waals surface area contributed by atoms with Crippen molar-refractivity contribution in [3.63, 3.8) is 0 Å². The molecule has 0 radical (unpaired) electrons. The van der Waals surface area contributed by atoms with Crippen molar-refractivity contribution in [2.45, 2.75) is 19.4 Å². The normalized spacial score (nSPS) is 11.9. The van der Waals surface area contributed by atoms with E-state index >= 15 is 0 Å². The van der Waals surface area contributed by atoms with Gasteiger partial charge in [-0.2, -0.15) is 5.10 Å². The van der Waals surface area contributed by atoms with Gasteiger partial charge in [0.25, 0.3) is 0 Å². The Hall–Kier alpha value is -3.60. The molecule has 0 fully saturated rings. The second-order valence-corrected chi connectivity index (χ2v) is 6.99. The van der Waals surface area contributed by atoms with Crippen LogP contribution in [0.4, 0.5) is 0 Å². The minimum absolute atomic E-state index is 0.00636. The van der Waals surface area contributed by atoms with Gasteiger partial charge in [-0.3, -0.25) is 4.79 Å². The van der Waals surface area contributed by atoms with Gasteiger partial charge in [0.2, 0.25) is 5.91 Å². The first-order valence-electron chi connectivity index (χ1n) is 9.59. The Morgan fingerprint density at radius 3 is 2.66 bits per heavy atom. The molecule has 0 bridgehead atoms. The summed E-state index contributed by atoms with van der Waals surface area (Å²) in [5.41, 5.74) is 2.97. The number of carbonyl (C=O) groups excluding carboxylic acids is 1. The Morgan fingerprint density at radius 2 is 1.86 bits per heavy atom. The molecule has 0 aliphatic carbocycles. The minimum Gasteiger partial charge on any atom is -0.497 e. The zero-order valence-corrected chi connectivity index (χ0v) is 16.5. The fraction of sp³-hybridized carbons (Fsp3) is 0.167. The number of nitrogens with zero attached hydrogens (tertiary/aromatic N) is 2. The highest BCUT2D eigenvalue weighted by Crippen LogP contribution is 2.25. The van der Waals surface area contributed by atoms with Crippen molar-refractivity contribution in [3.05, 3.63) is 90.3 Å². The zero-order valence-electron chi connectivity index (χ0n) is 16.5. The lowest BCUT2D eigenvalue weighted by Gasteiger charge is -2.15. The highest BCUT2D eigenvalue weighted by atomic mass is 16.5. The van der Waals surface area contributed by atoms with E-state index < -0.39 is 0 Å². The molecule has 5 nitrogen and oxygen atoms in total. The van der Waals surface area contributed by atoms with Crippen LogP contribution in [-0.4, -0.2) is 22.8 Å². The third kappa shape index (κ3) is 3.99. The molecule has 1 N–H and O–H groups in total. The second-order valence-electron chi connectivity index (χ2n) is 6.99. The van der Waals surface area contributed by atoms with Gasteiger partial charge in [-0.05, 0) is 53.1 Å². The van der Waals surface area contributed by atoms with Gasteiger partial charge in [0, 0.05) is 18.9 Å². The van der Waals surface area contributed by atoms with Crippen LogP contribution in [0.1, 0.15) is 24.0 Å². The summed E-state index contributed by atoms with van der Waals surface area (Å²) in [7, 11) is 1.66. The number of fused-ring (bicyclic) bond motifs is 1. The lowest BCUT2D eigenvalue weighted by atomic mass is 9.97. The summed E-state index contributed by atoms with van der Waals surface area (Å²) < 4.78 is 7.09. The number of para-hydroxylation sites is 1. The zero-order chi connectivity index (χ0) is 20.2. The molecule has 0 aliphatic heterocycles. The van der Waals surface area contributed by atoms with Crippen molar-refractivity contribution in [1.82, 2.24) is 15.1 Å². The van der Waals surface area contributed by atoms with Crippen LogP contribution in [0.25, 0.3) is 16.5 Å². The number of amides is 1. The van der Waals surface area contributed by atoms with E-state index in [0.29, 0.717) is 6.54 Å². The molecule has 5 heteroatoms. The van der Waals surface area contributed by atoms with Crippen LogP contribution in [0.5, 0.6) is 5.75 Å². The number of rotatable bonds is 6. The number of nitrogens with one attached hydrogen (secondary N) is 1. The number of ether oxygens (including phenoxy) is 1. The van der Waals surface area contributed by atoms with E-state index in [9.17, 15) is 4.79 Å². The first-order chi connectivity index (χ1) is 14.2. The van der Waals surface area contributed by atoms with Gasteiger partial charge in [0.05, 0.1) is 18.7 Å². The van der Waals surface area contributed by atoms with Crippen molar-refractivity contribution in [2.75, 3.05) is 7.11 Å². The average Bonchev–Trinajstić information content (AvgIpc) is 3.31. The topological polar surface area (TPSA) is 56.1 Å². The van der Waals surface area contributed by atoms with Crippen LogP contribution >= 0.6 is 0 Å². The van der Waals surface area contributed by atoms with Gasteiger partial charge in [-0.15, -0.1) is 0 Å². The standard InChI is InChI=1S/C24H23N3O2/c1-17(18-8-9-20-15-22(29-2)11-10-19(20)14-18)24(28)25-16-21-6-3-4-7-23(21)27-13-5-12-26-27/h3-15,17H,16H2,1-2H3,(H,25,28)/t17-/m0/s1. The summed E-state index contributed by atoms with van der Waals surface area (Å²) in [5, 5.41) is 9.54. The molecule has 1 aromatic heterocycles. The molecule has 0 aliphatic rings. The van der Waals surface area contributed by atoms with Crippen molar-refractivity contribution >= 4 is 16.7 Å². The van der Waals surface area contributed by atoms with Crippen molar-refractivity contribution < 1.29 is 9.53 Å². The quantitative estimate of drug-likeness (QED) is 0.533. The molecule has 29 heavy (non-hydrogen) atoms. The molecule has 1 heterocycles. The van der Waals surface area contributed by atoms with Gasteiger partial charge in [0.1, 0.15) is 5.75 Å². The predicted molar refractivity (Wildman–Crippen MR) is 114 cm³/mol. The number of hydrogen-bond donors (Lipinski definition) is 1. The number of hydrogen-bond acceptors (Lipinski definition) is 3. The van der Waals surface area contributed by atoms with E-state index in [-0.39, 0.29) is 11.8 Å². The first kappa shape index (κ1) is 18.7. The lowest BCUT2D eigenvalue weighted by molar-refractivity contribution is -0.122. The maximum Gasteiger partial charge on any atom is 0.227 e. The summed E-state index contributed by atoms with van der Waals surface area (Å²) >= 11 is 0. The number of benzene rings is 3. The van der Waals surface area contributed by atoms with Crippen LogP contribution in [-0.2, 0) is 11.3 Å². The first-order valence-corrected chi connectivity index (χ1v) is 9.59. The molecule has 0 spiro atoms. The minimum atomic E-state index is -0.252. The third-order valence-corrected chi connectivity index (χ3v) is 5.16. The van der Waals surface area contributed by atoms with E-state index in [1.54, 1.807) is 13.3 Å². The van der Waals surface area contributed by atoms with Crippen molar-refractivity contribution in [1.29, 1.82) is 0 Å². The highest BCUT2D eigenvalue weighted by Gasteiger charge is 2.16. The largest absolute Gasteiger partial charge is 0.497 e. The van der Waals surface area contributed by atoms with E-state index in [0.717, 1.165) is 33.3 Å². The Labute approximate surface area is 169 Å². The SMILES string of the molecule is COc1ccc2cc([C@H](C)C(=O)NCc3ccccc3-n3cccn3)ccc2c1. The third-order valence-electron chi connectivity index (χ3n) is 5.16. The molecule has 0 saturated carbocycles. The van der Waals surface area contributed by atoms with Crippen LogP contribution in [0.3, 0.4) is 0 Å². The maximum absolute atomic E-state index is 12.8. The van der Waals surface area contributed by atoms with Gasteiger partial charge in [-0.1, -0.05) is 42.5 Å². The fourth-order valence-corrected chi connectivity index (χ4v) is 3.42. The Balaban J connectivity index is 1.49. The predicted octanol–water partition coefficient (Wildman–Crippen LogP) is 4.45. The molecule has 146 valence electrons. The molecule has 3 aromatic carbocycles. The summed E-state index contributed by atoms with van der Waals surface area (Å²) in [4.78, 5) is 12.8. The number of aromatic nitrogens is 2. The molecule has 4 aromatic rings. The van der Waals surface area contributed by atoms with Gasteiger partial charge < -0.3 is 10.1 Å². The average molecular weight is 385 g/mol. The molecule has 1 atom stereocenters. The van der Waals surface area contributed by atoms with Crippen LogP contribution in [0.15, 0.2) is 79.1 Å². The van der Waals surface area contributed by atoms with Crippen molar-refractivity contribution in [3.8, 4) is 11.4 Å². The monoisotopic (exact) mass is 385 g/mol. The van der Waals surface area contributed by atoms with E-state index in [1.165, 1.54) is 0 Å². The van der Waals surface area contributed by atoms with E-state index in [4.69, 9.17) is 4.74 Å². The van der Waals surface area contributed by atoms with Gasteiger partial charge in [0.15, 0.2) is 0 Å². The molecule has 0 saturated heterocycles. The second kappa shape index (κ2) is 8.19. The Bertz CT molecular complexity index is 1140. The molecular weight excluding hydrogens is 362 g/mol. The molecule has 4 rings (SSSR count). The molecular formula is C24H23N3O2. The number of methoxy groups -OCH3 is 1. The highest BCUT2D eigenvalue weighted by molar-refractivity contribution is 5.88. The summed E-state index contributed by atoms with van der Waals surface area (Å²) in [6.45, 7) is 2.38. The fourth-order valence-electron chi connectivity index (χ4n) is 3.42. The Kier molecular flexibility index (Phi) is 5.29.